The van der Waals surface area contributed by atoms with E-state index in [1.165, 1.54) is 31.0 Å². The number of hydrogen-bond donors (Lipinski definition) is 0. The van der Waals surface area contributed by atoms with Crippen LogP contribution in [0.15, 0.2) is 29.4 Å². The molecule has 0 bridgehead atoms. The maximum absolute atomic E-state index is 13.7. The van der Waals surface area contributed by atoms with Gasteiger partial charge in [-0.15, -0.1) is 0 Å². The smallest absolute Gasteiger partial charge is 0.350 e. The van der Waals surface area contributed by atoms with Crippen molar-refractivity contribution in [3.63, 3.8) is 0 Å². The molecule has 1 aromatic carbocycles. The minimum atomic E-state index is -0.976. The van der Waals surface area contributed by atoms with E-state index in [9.17, 15) is 9.18 Å². The summed E-state index contributed by atoms with van der Waals surface area (Å²) in [5.74, 6) is -0.158. The summed E-state index contributed by atoms with van der Waals surface area (Å²) in [5.41, 5.74) is 0.173. The summed E-state index contributed by atoms with van der Waals surface area (Å²) in [6.07, 6.45) is 2.86. The number of nitrogens with zero attached hydrogens (tertiary/aromatic N) is 2. The Morgan fingerprint density at radius 1 is 1.26 bits per heavy atom. The van der Waals surface area contributed by atoms with Crippen molar-refractivity contribution in [2.45, 2.75) is 43.6 Å². The molecule has 27 heavy (non-hydrogen) atoms. The highest BCUT2D eigenvalue weighted by molar-refractivity contribution is 7.98. The lowest BCUT2D eigenvalue weighted by molar-refractivity contribution is -0.151. The molecule has 1 heterocycles. The zero-order valence-electron chi connectivity index (χ0n) is 15.6. The van der Waals surface area contributed by atoms with E-state index < -0.39 is 17.4 Å². The van der Waals surface area contributed by atoms with Gasteiger partial charge in [-0.3, -0.25) is 0 Å². The van der Waals surface area contributed by atoms with Crippen LogP contribution in [0.5, 0.6) is 11.6 Å². The minimum absolute atomic E-state index is 0.128. The largest absolute Gasteiger partial charge is 0.490 e. The van der Waals surface area contributed by atoms with Gasteiger partial charge in [-0.1, -0.05) is 11.8 Å². The molecule has 0 atom stereocenters. The summed E-state index contributed by atoms with van der Waals surface area (Å²) in [6.45, 7) is 3.73. The predicted octanol–water partition coefficient (Wildman–Crippen LogP) is 3.88. The highest BCUT2D eigenvalue weighted by atomic mass is 32.2. The standard InChI is InChI=1S/C19H21FN2O4S/c1-11(2)25-15-9-12(20)5-6-13(15)14-10-16(22-18(21-14)27-4)26-19(7-8-19)17(23)24-3/h5-6,9-11H,7-8H2,1-4H3. The van der Waals surface area contributed by atoms with Gasteiger partial charge in [0.05, 0.1) is 18.9 Å². The van der Waals surface area contributed by atoms with Gasteiger partial charge in [-0.2, -0.15) is 4.98 Å². The molecule has 1 aromatic heterocycles. The van der Waals surface area contributed by atoms with Crippen LogP contribution in [0.1, 0.15) is 26.7 Å². The zero-order chi connectivity index (χ0) is 19.6. The Bertz CT molecular complexity index is 856. The first-order valence-electron chi connectivity index (χ1n) is 8.54. The summed E-state index contributed by atoms with van der Waals surface area (Å²) in [5, 5.41) is 0.475. The number of carbonyl (C=O) groups excluding carboxylic acids is 1. The van der Waals surface area contributed by atoms with Crippen molar-refractivity contribution >= 4 is 17.7 Å². The molecule has 0 unspecified atom stereocenters. The van der Waals surface area contributed by atoms with Gasteiger partial charge in [-0.05, 0) is 32.2 Å². The Labute approximate surface area is 161 Å². The van der Waals surface area contributed by atoms with Crippen LogP contribution in [0.25, 0.3) is 11.3 Å². The summed E-state index contributed by atoms with van der Waals surface area (Å²) < 4.78 is 30.1. The highest BCUT2D eigenvalue weighted by Crippen LogP contribution is 2.42. The van der Waals surface area contributed by atoms with Crippen molar-refractivity contribution in [3.8, 4) is 22.9 Å². The topological polar surface area (TPSA) is 70.5 Å². The van der Waals surface area contributed by atoms with Crippen LogP contribution in [0, 0.1) is 5.82 Å². The summed E-state index contributed by atoms with van der Waals surface area (Å²) in [6, 6.07) is 5.91. The molecule has 8 heteroatoms. The number of esters is 1. The van der Waals surface area contributed by atoms with Gasteiger partial charge in [-0.25, -0.2) is 14.2 Å². The summed E-state index contributed by atoms with van der Waals surface area (Å²) in [4.78, 5) is 20.8. The number of rotatable bonds is 7. The first-order chi connectivity index (χ1) is 12.9. The number of halogens is 1. The quantitative estimate of drug-likeness (QED) is 0.402. The Morgan fingerprint density at radius 2 is 2.00 bits per heavy atom. The van der Waals surface area contributed by atoms with E-state index in [4.69, 9.17) is 14.2 Å². The van der Waals surface area contributed by atoms with E-state index in [2.05, 4.69) is 9.97 Å². The van der Waals surface area contributed by atoms with Crippen molar-refractivity contribution in [1.82, 2.24) is 9.97 Å². The minimum Gasteiger partial charge on any atom is -0.490 e. The average Bonchev–Trinajstić information content (AvgIpc) is 3.41. The van der Waals surface area contributed by atoms with Gasteiger partial charge in [0.2, 0.25) is 11.5 Å². The fourth-order valence-electron chi connectivity index (χ4n) is 2.59. The molecule has 1 aliphatic carbocycles. The Kier molecular flexibility index (Phi) is 5.55. The number of aromatic nitrogens is 2. The first kappa shape index (κ1) is 19.4. The number of carbonyl (C=O) groups is 1. The number of methoxy groups -OCH3 is 1. The van der Waals surface area contributed by atoms with Gasteiger partial charge in [0.25, 0.3) is 0 Å². The molecule has 0 saturated heterocycles. The number of hydrogen-bond acceptors (Lipinski definition) is 7. The van der Waals surface area contributed by atoms with Crippen molar-refractivity contribution in [2.75, 3.05) is 13.4 Å². The second-order valence-corrected chi connectivity index (χ2v) is 7.25. The molecule has 144 valence electrons. The van der Waals surface area contributed by atoms with Gasteiger partial charge in [0.1, 0.15) is 11.6 Å². The third-order valence-electron chi connectivity index (χ3n) is 4.01. The van der Waals surface area contributed by atoms with E-state index in [0.717, 1.165) is 0 Å². The SMILES string of the molecule is COC(=O)C1(Oc2cc(-c3ccc(F)cc3OC(C)C)nc(SC)n2)CC1. The molecule has 0 spiro atoms. The van der Waals surface area contributed by atoms with E-state index in [1.807, 2.05) is 20.1 Å². The molecule has 0 radical (unpaired) electrons. The van der Waals surface area contributed by atoms with Crippen molar-refractivity contribution in [1.29, 1.82) is 0 Å². The van der Waals surface area contributed by atoms with Crippen molar-refractivity contribution < 1.29 is 23.4 Å². The fraction of sp³-hybridized carbons (Fsp3) is 0.421. The van der Waals surface area contributed by atoms with Gasteiger partial charge >= 0.3 is 5.97 Å². The lowest BCUT2D eigenvalue weighted by Gasteiger charge is -2.17. The predicted molar refractivity (Wildman–Crippen MR) is 99.6 cm³/mol. The Hall–Kier alpha value is -2.35. The first-order valence-corrected chi connectivity index (χ1v) is 9.76. The van der Waals surface area contributed by atoms with Gasteiger partial charge in [0.15, 0.2) is 5.16 Å². The third kappa shape index (κ3) is 4.32. The fourth-order valence-corrected chi connectivity index (χ4v) is 2.96. The monoisotopic (exact) mass is 392 g/mol. The second kappa shape index (κ2) is 7.72. The van der Waals surface area contributed by atoms with Crippen LogP contribution in [0.2, 0.25) is 0 Å². The normalized spacial score (nSPS) is 14.7. The van der Waals surface area contributed by atoms with E-state index in [0.29, 0.717) is 35.0 Å². The van der Waals surface area contributed by atoms with E-state index >= 15 is 0 Å². The molecule has 3 rings (SSSR count). The second-order valence-electron chi connectivity index (χ2n) is 6.47. The molecule has 1 aliphatic rings. The van der Waals surface area contributed by atoms with E-state index in [1.54, 1.807) is 12.1 Å². The Balaban J connectivity index is 2.01. The van der Waals surface area contributed by atoms with Gasteiger partial charge in [0, 0.05) is 30.5 Å². The molecule has 2 aromatic rings. The maximum atomic E-state index is 13.7. The molecule has 0 aliphatic heterocycles. The Morgan fingerprint density at radius 3 is 2.59 bits per heavy atom. The average molecular weight is 392 g/mol. The van der Waals surface area contributed by atoms with Crippen LogP contribution in [0.4, 0.5) is 4.39 Å². The molecular weight excluding hydrogens is 371 g/mol. The molecule has 0 amide bonds. The van der Waals surface area contributed by atoms with E-state index in [-0.39, 0.29) is 12.0 Å². The maximum Gasteiger partial charge on any atom is 0.350 e. The lowest BCUT2D eigenvalue weighted by Crippen LogP contribution is -2.31. The summed E-state index contributed by atoms with van der Waals surface area (Å²) >= 11 is 1.34. The number of benzene rings is 1. The number of ether oxygens (including phenoxy) is 3. The van der Waals surface area contributed by atoms with Gasteiger partial charge < -0.3 is 14.2 Å². The third-order valence-corrected chi connectivity index (χ3v) is 4.56. The van der Waals surface area contributed by atoms with Crippen molar-refractivity contribution in [2.24, 2.45) is 0 Å². The zero-order valence-corrected chi connectivity index (χ0v) is 16.4. The molecule has 6 nitrogen and oxygen atoms in total. The molecule has 0 N–H and O–H groups in total. The van der Waals surface area contributed by atoms with Crippen molar-refractivity contribution in [3.05, 3.63) is 30.1 Å². The van der Waals surface area contributed by atoms with Crippen LogP contribution < -0.4 is 9.47 Å². The molecule has 1 saturated carbocycles. The number of thioether (sulfide) groups is 1. The molecule has 1 fully saturated rings. The highest BCUT2D eigenvalue weighted by Gasteiger charge is 2.54. The summed E-state index contributed by atoms with van der Waals surface area (Å²) in [7, 11) is 1.33. The van der Waals surface area contributed by atoms with Crippen LogP contribution in [-0.4, -0.2) is 41.0 Å². The van der Waals surface area contributed by atoms with Crippen LogP contribution in [0.3, 0.4) is 0 Å². The van der Waals surface area contributed by atoms with Crippen LogP contribution >= 0.6 is 11.8 Å². The molecular formula is C19H21FN2O4S. The lowest BCUT2D eigenvalue weighted by atomic mass is 10.1. The van der Waals surface area contributed by atoms with Crippen LogP contribution in [-0.2, 0) is 9.53 Å².